The van der Waals surface area contributed by atoms with Gasteiger partial charge in [0.25, 0.3) is 0 Å². The molecule has 0 unspecified atom stereocenters. The molecule has 0 radical (unpaired) electrons. The van der Waals surface area contributed by atoms with Crippen LogP contribution >= 0.6 is 0 Å². The molecule has 1 aromatic carbocycles. The summed E-state index contributed by atoms with van der Waals surface area (Å²) in [6, 6.07) is 8.09. The van der Waals surface area contributed by atoms with E-state index < -0.39 is 12.8 Å². The summed E-state index contributed by atoms with van der Waals surface area (Å²) in [4.78, 5) is 0. The second-order valence-electron chi connectivity index (χ2n) is 4.85. The number of nitrogens with one attached hydrogen (secondary N) is 1. The number of halogens is 3. The van der Waals surface area contributed by atoms with Crippen LogP contribution in [0, 0.1) is 0 Å². The third kappa shape index (κ3) is 4.75. The topological polar surface area (TPSA) is 26.2 Å². The van der Waals surface area contributed by atoms with Gasteiger partial charge in [0.15, 0.2) is 0 Å². The van der Waals surface area contributed by atoms with E-state index in [1.807, 2.05) is 29.8 Å². The number of rotatable bonds is 7. The molecule has 0 aliphatic heterocycles. The highest BCUT2D eigenvalue weighted by atomic mass is 19.4. The largest absolute Gasteiger partial charge is 0.411 e. The van der Waals surface area contributed by atoms with Crippen LogP contribution in [0.2, 0.25) is 0 Å². The highest BCUT2D eigenvalue weighted by Crippen LogP contribution is 2.18. The summed E-state index contributed by atoms with van der Waals surface area (Å²) in [5.74, 6) is 0. The maximum atomic E-state index is 12.0. The molecule has 1 heterocycles. The van der Waals surface area contributed by atoms with E-state index in [9.17, 15) is 13.2 Å². The third-order valence-corrected chi connectivity index (χ3v) is 3.16. The number of hydrogen-bond donors (Lipinski definition) is 1. The van der Waals surface area contributed by atoms with Gasteiger partial charge in [0.05, 0.1) is 6.61 Å². The van der Waals surface area contributed by atoms with Crippen LogP contribution in [0.25, 0.3) is 10.9 Å². The Kier molecular flexibility index (Phi) is 5.25. The van der Waals surface area contributed by atoms with Gasteiger partial charge in [-0.2, -0.15) is 13.2 Å². The van der Waals surface area contributed by atoms with Crippen molar-refractivity contribution >= 4 is 10.9 Å². The standard InChI is InChI=1S/C15H19F3N2O/c1-2-19-10-12-3-4-13-5-6-20(14(13)9-12)7-8-21-11-15(16,17)18/h3-6,9,19H,2,7-8,10-11H2,1H3. The van der Waals surface area contributed by atoms with Gasteiger partial charge in [0.2, 0.25) is 0 Å². The lowest BCUT2D eigenvalue weighted by atomic mass is 10.1. The molecule has 0 saturated carbocycles. The summed E-state index contributed by atoms with van der Waals surface area (Å²) in [7, 11) is 0. The second-order valence-corrected chi connectivity index (χ2v) is 4.85. The molecule has 1 aromatic heterocycles. The third-order valence-electron chi connectivity index (χ3n) is 3.16. The molecule has 0 aliphatic rings. The molecular formula is C15H19F3N2O. The van der Waals surface area contributed by atoms with E-state index in [1.54, 1.807) is 0 Å². The molecule has 0 bridgehead atoms. The number of nitrogens with zero attached hydrogens (tertiary/aromatic N) is 1. The van der Waals surface area contributed by atoms with Crippen molar-refractivity contribution < 1.29 is 17.9 Å². The lowest BCUT2D eigenvalue weighted by Gasteiger charge is -2.10. The molecule has 6 heteroatoms. The summed E-state index contributed by atoms with van der Waals surface area (Å²) in [6.07, 6.45) is -2.39. The van der Waals surface area contributed by atoms with Crippen LogP contribution in [0.1, 0.15) is 12.5 Å². The van der Waals surface area contributed by atoms with Crippen molar-refractivity contribution in [1.82, 2.24) is 9.88 Å². The van der Waals surface area contributed by atoms with Gasteiger partial charge in [0.1, 0.15) is 6.61 Å². The van der Waals surface area contributed by atoms with Crippen molar-refractivity contribution in [3.8, 4) is 0 Å². The molecule has 0 spiro atoms. The Hall–Kier alpha value is -1.53. The van der Waals surface area contributed by atoms with Gasteiger partial charge in [0, 0.05) is 24.8 Å². The normalized spacial score (nSPS) is 12.2. The Morgan fingerprint density at radius 3 is 2.76 bits per heavy atom. The molecule has 1 N–H and O–H groups in total. The number of hydrogen-bond acceptors (Lipinski definition) is 2. The Balaban J connectivity index is 1.99. The Morgan fingerprint density at radius 1 is 1.24 bits per heavy atom. The maximum absolute atomic E-state index is 12.0. The minimum absolute atomic E-state index is 0.0424. The van der Waals surface area contributed by atoms with E-state index in [0.717, 1.165) is 29.6 Å². The van der Waals surface area contributed by atoms with Crippen molar-refractivity contribution in [2.24, 2.45) is 0 Å². The van der Waals surface area contributed by atoms with Crippen molar-refractivity contribution in [1.29, 1.82) is 0 Å². The Labute approximate surface area is 121 Å². The molecule has 21 heavy (non-hydrogen) atoms. The highest BCUT2D eigenvalue weighted by molar-refractivity contribution is 5.80. The van der Waals surface area contributed by atoms with Gasteiger partial charge < -0.3 is 14.6 Å². The Bertz CT molecular complexity index is 578. The zero-order valence-corrected chi connectivity index (χ0v) is 11.9. The summed E-state index contributed by atoms with van der Waals surface area (Å²) in [6.45, 7) is 2.97. The average Bonchev–Trinajstić information content (AvgIpc) is 2.83. The van der Waals surface area contributed by atoms with Crippen LogP contribution in [-0.4, -0.2) is 30.5 Å². The molecule has 0 atom stereocenters. The first-order valence-corrected chi connectivity index (χ1v) is 6.92. The van der Waals surface area contributed by atoms with Crippen LogP contribution in [0.4, 0.5) is 13.2 Å². The van der Waals surface area contributed by atoms with E-state index in [0.29, 0.717) is 6.54 Å². The van der Waals surface area contributed by atoms with Crippen LogP contribution in [0.5, 0.6) is 0 Å². The number of ether oxygens (including phenoxy) is 1. The lowest BCUT2D eigenvalue weighted by molar-refractivity contribution is -0.174. The summed E-state index contributed by atoms with van der Waals surface area (Å²) >= 11 is 0. The van der Waals surface area contributed by atoms with Gasteiger partial charge in [-0.05, 0) is 29.6 Å². The number of fused-ring (bicyclic) bond motifs is 1. The van der Waals surface area contributed by atoms with E-state index in [1.165, 1.54) is 0 Å². The molecule has 2 aromatic rings. The SMILES string of the molecule is CCNCc1ccc2ccn(CCOCC(F)(F)F)c2c1. The van der Waals surface area contributed by atoms with Gasteiger partial charge in [-0.1, -0.05) is 19.1 Å². The maximum Gasteiger partial charge on any atom is 0.411 e. The molecule has 3 nitrogen and oxygen atoms in total. The van der Waals surface area contributed by atoms with Gasteiger partial charge in [-0.15, -0.1) is 0 Å². The van der Waals surface area contributed by atoms with Crippen LogP contribution < -0.4 is 5.32 Å². The molecule has 0 saturated heterocycles. The smallest absolute Gasteiger partial charge is 0.370 e. The van der Waals surface area contributed by atoms with Crippen LogP contribution in [-0.2, 0) is 17.8 Å². The predicted molar refractivity (Wildman–Crippen MR) is 76.2 cm³/mol. The minimum Gasteiger partial charge on any atom is -0.370 e. The van der Waals surface area contributed by atoms with Gasteiger partial charge in [-0.25, -0.2) is 0 Å². The molecule has 0 aliphatic carbocycles. The van der Waals surface area contributed by atoms with Crippen molar-refractivity contribution in [2.75, 3.05) is 19.8 Å². The summed E-state index contributed by atoms with van der Waals surface area (Å²) in [5.41, 5.74) is 2.17. The monoisotopic (exact) mass is 300 g/mol. The van der Waals surface area contributed by atoms with E-state index in [-0.39, 0.29) is 6.61 Å². The first kappa shape index (κ1) is 15.9. The molecule has 0 amide bonds. The molecule has 0 fully saturated rings. The van der Waals surface area contributed by atoms with Crippen LogP contribution in [0.15, 0.2) is 30.5 Å². The summed E-state index contributed by atoms with van der Waals surface area (Å²) in [5, 5.41) is 4.33. The number of benzene rings is 1. The van der Waals surface area contributed by atoms with Crippen molar-refractivity contribution in [2.45, 2.75) is 26.2 Å². The van der Waals surface area contributed by atoms with E-state index in [2.05, 4.69) is 22.2 Å². The van der Waals surface area contributed by atoms with Gasteiger partial charge in [-0.3, -0.25) is 0 Å². The fraction of sp³-hybridized carbons (Fsp3) is 0.467. The highest BCUT2D eigenvalue weighted by Gasteiger charge is 2.27. The second kappa shape index (κ2) is 6.95. The quantitative estimate of drug-likeness (QED) is 0.794. The molecule has 2 rings (SSSR count). The number of alkyl halides is 3. The first-order chi connectivity index (χ1) is 9.99. The van der Waals surface area contributed by atoms with Gasteiger partial charge >= 0.3 is 6.18 Å². The zero-order valence-electron chi connectivity index (χ0n) is 11.9. The van der Waals surface area contributed by atoms with Crippen molar-refractivity contribution in [3.05, 3.63) is 36.0 Å². The summed E-state index contributed by atoms with van der Waals surface area (Å²) < 4.78 is 42.6. The van der Waals surface area contributed by atoms with Crippen LogP contribution in [0.3, 0.4) is 0 Å². The first-order valence-electron chi connectivity index (χ1n) is 6.92. The zero-order chi connectivity index (χ0) is 15.3. The fourth-order valence-electron chi connectivity index (χ4n) is 2.15. The van der Waals surface area contributed by atoms with E-state index >= 15 is 0 Å². The predicted octanol–water partition coefficient (Wildman–Crippen LogP) is 3.33. The Morgan fingerprint density at radius 2 is 2.05 bits per heavy atom. The van der Waals surface area contributed by atoms with Crippen molar-refractivity contribution in [3.63, 3.8) is 0 Å². The van der Waals surface area contributed by atoms with E-state index in [4.69, 9.17) is 0 Å². The average molecular weight is 300 g/mol. The molecular weight excluding hydrogens is 281 g/mol. The minimum atomic E-state index is -4.27. The molecule has 116 valence electrons. The lowest BCUT2D eigenvalue weighted by Crippen LogP contribution is -2.18. The fourth-order valence-corrected chi connectivity index (χ4v) is 2.15. The number of aromatic nitrogens is 1.